The van der Waals surface area contributed by atoms with Crippen molar-refractivity contribution in [1.29, 1.82) is 5.26 Å². The van der Waals surface area contributed by atoms with E-state index in [1.54, 1.807) is 12.1 Å². The molecular formula is C19H8AsCl2F3N5S. The zero-order chi connectivity index (χ0) is 22.2. The number of thiazole rings is 1. The maximum atomic E-state index is 12.8. The summed E-state index contributed by atoms with van der Waals surface area (Å²) in [6, 6.07) is 9.76. The molecule has 1 radical (unpaired) electrons. The van der Waals surface area contributed by atoms with Crippen molar-refractivity contribution >= 4 is 80.3 Å². The standard InChI is InChI=1S/C19H8AsCl2F3N5S/c21-12-5-9(7-26)6-13(22)14(12)20-18-30-15-16(27-8-28-17(15)31-18)29-11-3-1-10(2-4-11)19(23,24)25/h1-6,8H,(H,27,28,29). The van der Waals surface area contributed by atoms with E-state index in [1.165, 1.54) is 29.8 Å². The van der Waals surface area contributed by atoms with Gasteiger partial charge in [0.2, 0.25) is 0 Å². The summed E-state index contributed by atoms with van der Waals surface area (Å²) in [5, 5.41) is 12.8. The Hall–Kier alpha value is -2.37. The molecule has 0 bridgehead atoms. The molecule has 12 heteroatoms. The molecule has 0 saturated heterocycles. The fourth-order valence-electron chi connectivity index (χ4n) is 2.59. The zero-order valence-corrected chi connectivity index (χ0v) is 19.3. The summed E-state index contributed by atoms with van der Waals surface area (Å²) in [6.45, 7) is 0. The topological polar surface area (TPSA) is 74.5 Å². The molecule has 31 heavy (non-hydrogen) atoms. The third-order valence-electron chi connectivity index (χ3n) is 4.01. The summed E-state index contributed by atoms with van der Waals surface area (Å²) in [5.41, 5.74) is 0.577. The second-order valence-corrected chi connectivity index (χ2v) is 10.8. The number of nitriles is 1. The van der Waals surface area contributed by atoms with E-state index in [4.69, 9.17) is 28.5 Å². The second kappa shape index (κ2) is 8.64. The summed E-state index contributed by atoms with van der Waals surface area (Å²) < 4.78 is 39.7. The van der Waals surface area contributed by atoms with E-state index in [2.05, 4.69) is 20.3 Å². The number of aromatic nitrogens is 3. The van der Waals surface area contributed by atoms with Crippen LogP contribution in [-0.2, 0) is 6.18 Å². The molecule has 5 nitrogen and oxygen atoms in total. The Morgan fingerprint density at radius 3 is 2.35 bits per heavy atom. The SMILES string of the molecule is N#Cc1cc(Cl)c([As]c2nc3c(Nc4ccc(C(F)(F)F)cc4)ncnc3s2)c(Cl)c1. The van der Waals surface area contributed by atoms with Gasteiger partial charge in [-0.15, -0.1) is 0 Å². The van der Waals surface area contributed by atoms with Crippen LogP contribution in [0.1, 0.15) is 11.1 Å². The van der Waals surface area contributed by atoms with E-state index in [0.717, 1.165) is 20.3 Å². The number of rotatable bonds is 4. The van der Waals surface area contributed by atoms with Crippen LogP contribution in [0.2, 0.25) is 10.0 Å². The molecule has 0 aliphatic heterocycles. The molecular weight excluding hydrogens is 533 g/mol. The van der Waals surface area contributed by atoms with E-state index in [1.807, 2.05) is 6.07 Å². The van der Waals surface area contributed by atoms with Gasteiger partial charge in [-0.05, 0) is 0 Å². The molecule has 0 amide bonds. The van der Waals surface area contributed by atoms with Crippen LogP contribution in [0.15, 0.2) is 42.7 Å². The molecule has 0 unspecified atom stereocenters. The number of fused-ring (bicyclic) bond motifs is 1. The molecule has 0 aliphatic rings. The summed E-state index contributed by atoms with van der Waals surface area (Å²) in [7, 11) is 0. The molecule has 2 aromatic carbocycles. The van der Waals surface area contributed by atoms with Gasteiger partial charge in [0.05, 0.1) is 0 Å². The number of halogens is 5. The van der Waals surface area contributed by atoms with Crippen molar-refractivity contribution < 1.29 is 13.2 Å². The Bertz CT molecular complexity index is 1300. The Kier molecular flexibility index (Phi) is 6.09. The minimum absolute atomic E-state index is 0.373. The third-order valence-corrected chi connectivity index (χ3v) is 9.09. The molecule has 0 spiro atoms. The zero-order valence-electron chi connectivity index (χ0n) is 15.1. The van der Waals surface area contributed by atoms with Gasteiger partial charge < -0.3 is 0 Å². The maximum absolute atomic E-state index is 12.8. The quantitative estimate of drug-likeness (QED) is 0.380. The van der Waals surface area contributed by atoms with Crippen molar-refractivity contribution in [2.75, 3.05) is 5.32 Å². The van der Waals surface area contributed by atoms with Gasteiger partial charge >= 0.3 is 195 Å². The summed E-state index contributed by atoms with van der Waals surface area (Å²) in [6.07, 6.45) is -3.05. The predicted octanol–water partition coefficient (Wildman–Crippen LogP) is 4.68. The molecule has 4 aromatic rings. The van der Waals surface area contributed by atoms with Crippen LogP contribution >= 0.6 is 34.5 Å². The summed E-state index contributed by atoms with van der Waals surface area (Å²) in [5.74, 6) is 0.380. The van der Waals surface area contributed by atoms with Gasteiger partial charge in [-0.2, -0.15) is 0 Å². The van der Waals surface area contributed by atoms with Crippen molar-refractivity contribution in [3.8, 4) is 6.07 Å². The first kappa shape index (κ1) is 21.8. The van der Waals surface area contributed by atoms with Crippen LogP contribution < -0.4 is 13.5 Å². The van der Waals surface area contributed by atoms with E-state index in [9.17, 15) is 13.2 Å². The third kappa shape index (κ3) is 4.78. The van der Waals surface area contributed by atoms with E-state index in [-0.39, 0.29) is 0 Å². The van der Waals surface area contributed by atoms with Crippen LogP contribution in [0.4, 0.5) is 24.7 Å². The average Bonchev–Trinajstić information content (AvgIpc) is 3.14. The molecule has 2 heterocycles. The fourth-order valence-corrected chi connectivity index (χ4v) is 6.96. The van der Waals surface area contributed by atoms with E-state index >= 15 is 0 Å². The van der Waals surface area contributed by atoms with Crippen molar-refractivity contribution in [3.63, 3.8) is 0 Å². The summed E-state index contributed by atoms with van der Waals surface area (Å²) in [4.78, 5) is 13.6. The van der Waals surface area contributed by atoms with Crippen molar-refractivity contribution in [2.45, 2.75) is 6.18 Å². The van der Waals surface area contributed by atoms with Gasteiger partial charge in [-0.3, -0.25) is 0 Å². The first-order chi connectivity index (χ1) is 14.7. The van der Waals surface area contributed by atoms with Crippen LogP contribution in [-0.4, -0.2) is 30.7 Å². The Morgan fingerprint density at radius 1 is 1.06 bits per heavy atom. The van der Waals surface area contributed by atoms with Gasteiger partial charge in [0.25, 0.3) is 0 Å². The first-order valence-corrected chi connectivity index (χ1v) is 11.9. The molecule has 0 fully saturated rings. The number of anilines is 2. The second-order valence-electron chi connectivity index (χ2n) is 6.08. The molecule has 1 N–H and O–H groups in total. The Morgan fingerprint density at radius 2 is 1.74 bits per heavy atom. The van der Waals surface area contributed by atoms with Crippen LogP contribution in [0, 0.1) is 11.3 Å². The Labute approximate surface area is 194 Å². The van der Waals surface area contributed by atoms with Gasteiger partial charge in [-0.1, -0.05) is 0 Å². The number of hydrogen-bond donors (Lipinski definition) is 1. The Balaban J connectivity index is 1.63. The van der Waals surface area contributed by atoms with E-state index in [0.29, 0.717) is 37.5 Å². The molecule has 0 atom stereocenters. The van der Waals surface area contributed by atoms with Gasteiger partial charge in [0.15, 0.2) is 0 Å². The van der Waals surface area contributed by atoms with Gasteiger partial charge in [0, 0.05) is 0 Å². The monoisotopic (exact) mass is 540 g/mol. The fraction of sp³-hybridized carbons (Fsp3) is 0.0526. The first-order valence-electron chi connectivity index (χ1n) is 8.41. The number of alkyl halides is 3. The molecule has 0 saturated carbocycles. The number of hydrogen-bond acceptors (Lipinski definition) is 6. The van der Waals surface area contributed by atoms with Crippen LogP contribution in [0.3, 0.4) is 0 Å². The van der Waals surface area contributed by atoms with Crippen molar-refractivity contribution in [3.05, 3.63) is 63.9 Å². The number of benzene rings is 2. The average molecular weight is 541 g/mol. The van der Waals surface area contributed by atoms with Crippen LogP contribution in [0.5, 0.6) is 0 Å². The van der Waals surface area contributed by atoms with E-state index < -0.39 is 27.5 Å². The van der Waals surface area contributed by atoms with Crippen molar-refractivity contribution in [1.82, 2.24) is 15.0 Å². The van der Waals surface area contributed by atoms with Gasteiger partial charge in [0.1, 0.15) is 0 Å². The molecule has 0 aliphatic carbocycles. The number of nitrogens with one attached hydrogen (secondary N) is 1. The number of nitrogens with zero attached hydrogens (tertiary/aromatic N) is 4. The minimum atomic E-state index is -4.40. The normalized spacial score (nSPS) is 11.9. The van der Waals surface area contributed by atoms with Crippen LogP contribution in [0.25, 0.3) is 10.3 Å². The molecule has 155 valence electrons. The molecule has 4 rings (SSSR count). The van der Waals surface area contributed by atoms with Gasteiger partial charge in [-0.25, -0.2) is 0 Å². The van der Waals surface area contributed by atoms with Crippen molar-refractivity contribution in [2.24, 2.45) is 0 Å². The predicted molar refractivity (Wildman–Crippen MR) is 116 cm³/mol. The molecule has 2 aromatic heterocycles. The summed E-state index contributed by atoms with van der Waals surface area (Å²) >= 11 is 13.3.